The minimum absolute atomic E-state index is 0.0210. The van der Waals surface area contributed by atoms with Gasteiger partial charge in [0.15, 0.2) is 4.80 Å². The van der Waals surface area contributed by atoms with Gasteiger partial charge in [0.1, 0.15) is 0 Å². The first kappa shape index (κ1) is 28.3. The molecule has 5 rings (SSSR count). The van der Waals surface area contributed by atoms with Crippen LogP contribution in [0.5, 0.6) is 0 Å². The number of ether oxygens (including phenoxy) is 1. The molecule has 1 atom stereocenters. The van der Waals surface area contributed by atoms with Gasteiger partial charge in [-0.05, 0) is 81.5 Å². The number of carbonyl (C=O) groups is 1. The van der Waals surface area contributed by atoms with Crippen LogP contribution in [0.2, 0.25) is 0 Å². The summed E-state index contributed by atoms with van der Waals surface area (Å²) >= 11 is 2.89. The number of hydrogen-bond donors (Lipinski definition) is 0. The second-order valence-electron chi connectivity index (χ2n) is 9.51. The van der Waals surface area contributed by atoms with Crippen molar-refractivity contribution in [2.45, 2.75) is 38.6 Å². The lowest BCUT2D eigenvalue weighted by Crippen LogP contribution is -2.39. The van der Waals surface area contributed by atoms with Gasteiger partial charge < -0.3 is 9.30 Å². The maximum atomic E-state index is 14.0. The van der Waals surface area contributed by atoms with Crippen molar-refractivity contribution in [2.75, 3.05) is 12.9 Å². The average molecular weight is 589 g/mol. The van der Waals surface area contributed by atoms with E-state index < -0.39 is 16.9 Å². The number of hydrogen-bond acceptors (Lipinski definition) is 8. The number of rotatable bonds is 7. The van der Waals surface area contributed by atoms with Crippen molar-refractivity contribution in [1.82, 2.24) is 9.13 Å². The Kier molecular flexibility index (Phi) is 7.83. The van der Waals surface area contributed by atoms with Crippen LogP contribution in [0.25, 0.3) is 11.8 Å². The molecule has 41 heavy (non-hydrogen) atoms. The molecule has 2 aromatic carbocycles. The molecule has 0 saturated carbocycles. The first-order valence-electron chi connectivity index (χ1n) is 12.9. The van der Waals surface area contributed by atoms with Crippen LogP contribution in [-0.2, 0) is 9.53 Å². The normalized spacial score (nSPS) is 15.0. The van der Waals surface area contributed by atoms with Crippen molar-refractivity contribution in [3.05, 3.63) is 118 Å². The van der Waals surface area contributed by atoms with E-state index in [0.717, 1.165) is 33.1 Å². The van der Waals surface area contributed by atoms with Crippen molar-refractivity contribution < 1.29 is 14.5 Å². The minimum Gasteiger partial charge on any atom is -0.463 e. The zero-order valence-electron chi connectivity index (χ0n) is 23.2. The van der Waals surface area contributed by atoms with Crippen LogP contribution in [0, 0.1) is 24.0 Å². The van der Waals surface area contributed by atoms with Gasteiger partial charge in [0.05, 0.1) is 33.4 Å². The molecule has 210 valence electrons. The summed E-state index contributed by atoms with van der Waals surface area (Å²) in [6.07, 6.45) is 3.83. The van der Waals surface area contributed by atoms with Crippen LogP contribution >= 0.6 is 23.1 Å². The van der Waals surface area contributed by atoms with Crippen LogP contribution in [0.3, 0.4) is 0 Å². The molecule has 0 saturated heterocycles. The van der Waals surface area contributed by atoms with Crippen LogP contribution in [0.15, 0.2) is 80.5 Å². The first-order valence-corrected chi connectivity index (χ1v) is 15.0. The number of carbonyl (C=O) groups excluding carboxylic acids is 1. The molecule has 0 aliphatic carbocycles. The van der Waals surface area contributed by atoms with Crippen LogP contribution in [-0.4, -0.2) is 32.9 Å². The molecule has 0 amide bonds. The van der Waals surface area contributed by atoms with Crippen molar-refractivity contribution in [2.24, 2.45) is 4.99 Å². The molecule has 0 N–H and O–H groups in total. The Labute approximate surface area is 244 Å². The smallest absolute Gasteiger partial charge is 0.338 e. The molecule has 4 aromatic rings. The third kappa shape index (κ3) is 5.18. The zero-order chi connectivity index (χ0) is 29.4. The highest BCUT2D eigenvalue weighted by molar-refractivity contribution is 7.98. The fraction of sp³-hybridized carbons (Fsp3) is 0.233. The first-order chi connectivity index (χ1) is 19.6. The summed E-state index contributed by atoms with van der Waals surface area (Å²) in [5.41, 5.74) is 4.87. The van der Waals surface area contributed by atoms with Crippen LogP contribution < -0.4 is 14.9 Å². The zero-order valence-corrected chi connectivity index (χ0v) is 24.8. The molecule has 9 nitrogen and oxygen atoms in total. The lowest BCUT2D eigenvalue weighted by Gasteiger charge is -2.24. The molecule has 11 heteroatoms. The van der Waals surface area contributed by atoms with Gasteiger partial charge >= 0.3 is 5.97 Å². The molecule has 3 heterocycles. The van der Waals surface area contributed by atoms with Crippen molar-refractivity contribution >= 4 is 40.8 Å². The van der Waals surface area contributed by atoms with Gasteiger partial charge in [-0.15, -0.1) is 11.8 Å². The Morgan fingerprint density at radius 1 is 1.15 bits per heavy atom. The number of benzene rings is 2. The van der Waals surface area contributed by atoms with Gasteiger partial charge in [0.2, 0.25) is 0 Å². The van der Waals surface area contributed by atoms with E-state index in [2.05, 4.69) is 4.99 Å². The SMILES string of the molecule is CCOC(=O)C1=C(C)N=c2s/c(=C\c3cc(C)n(-c4ccc([N+](=O)[O-])cc4)c3C)c(=O)n2[C@H]1c1ccc(SC)cc1. The van der Waals surface area contributed by atoms with E-state index in [9.17, 15) is 19.7 Å². The standard InChI is InChI=1S/C30H28N4O5S2/c1-6-39-29(36)26-18(3)31-30-33(27(26)20-7-13-24(40-5)14-8-20)28(35)25(41-30)16-21-15-17(2)32(19(21)4)22-9-11-23(12-10-22)34(37)38/h7-16,27H,6H2,1-5H3/b25-16-/t27-/m0/s1. The minimum atomic E-state index is -0.670. The van der Waals surface area contributed by atoms with E-state index in [1.54, 1.807) is 42.3 Å². The van der Waals surface area contributed by atoms with Crippen molar-refractivity contribution in [3.63, 3.8) is 0 Å². The Morgan fingerprint density at radius 3 is 2.44 bits per heavy atom. The second-order valence-corrected chi connectivity index (χ2v) is 11.4. The molecular formula is C30H28N4O5S2. The number of thiazole rings is 1. The highest BCUT2D eigenvalue weighted by atomic mass is 32.2. The summed E-state index contributed by atoms with van der Waals surface area (Å²) in [6.45, 7) is 7.61. The quantitative estimate of drug-likeness (QED) is 0.132. The number of thioether (sulfide) groups is 1. The van der Waals surface area contributed by atoms with Gasteiger partial charge in [-0.3, -0.25) is 19.5 Å². The number of nitro groups is 1. The predicted molar refractivity (Wildman–Crippen MR) is 161 cm³/mol. The number of allylic oxidation sites excluding steroid dienone is 1. The Bertz CT molecular complexity index is 1880. The molecule has 0 spiro atoms. The van der Waals surface area contributed by atoms with Crippen LogP contribution in [0.1, 0.15) is 42.4 Å². The Hall–Kier alpha value is -4.22. The predicted octanol–water partition coefficient (Wildman–Crippen LogP) is 4.84. The third-order valence-electron chi connectivity index (χ3n) is 7.02. The fourth-order valence-electron chi connectivity index (χ4n) is 5.09. The summed E-state index contributed by atoms with van der Waals surface area (Å²) in [5.74, 6) is -0.492. The largest absolute Gasteiger partial charge is 0.463 e. The molecule has 1 aliphatic heterocycles. The summed E-state index contributed by atoms with van der Waals surface area (Å²) < 4.78 is 9.44. The lowest BCUT2D eigenvalue weighted by molar-refractivity contribution is -0.384. The highest BCUT2D eigenvalue weighted by Crippen LogP contribution is 2.32. The lowest BCUT2D eigenvalue weighted by atomic mass is 9.96. The monoisotopic (exact) mass is 588 g/mol. The maximum Gasteiger partial charge on any atom is 0.338 e. The van der Waals surface area contributed by atoms with E-state index in [-0.39, 0.29) is 17.9 Å². The molecule has 0 unspecified atom stereocenters. The average Bonchev–Trinajstić information content (AvgIpc) is 3.41. The molecule has 1 aliphatic rings. The Morgan fingerprint density at radius 2 is 1.83 bits per heavy atom. The molecular weight excluding hydrogens is 560 g/mol. The summed E-state index contributed by atoms with van der Waals surface area (Å²) in [7, 11) is 0. The van der Waals surface area contributed by atoms with Gasteiger partial charge in [-0.25, -0.2) is 9.79 Å². The maximum absolute atomic E-state index is 14.0. The number of aryl methyl sites for hydroxylation is 1. The molecule has 0 radical (unpaired) electrons. The molecule has 2 aromatic heterocycles. The number of nitro benzene ring substituents is 1. The number of non-ortho nitro benzene ring substituents is 1. The second kappa shape index (κ2) is 11.3. The van der Waals surface area contributed by atoms with Gasteiger partial charge in [-0.2, -0.15) is 0 Å². The van der Waals surface area contributed by atoms with E-state index in [1.807, 2.05) is 61.1 Å². The number of aromatic nitrogens is 2. The van der Waals surface area contributed by atoms with Crippen molar-refractivity contribution in [1.29, 1.82) is 0 Å². The van der Waals surface area contributed by atoms with E-state index in [0.29, 0.717) is 20.6 Å². The van der Waals surface area contributed by atoms with Crippen molar-refractivity contribution in [3.8, 4) is 5.69 Å². The van der Waals surface area contributed by atoms with E-state index in [1.165, 1.54) is 23.5 Å². The van der Waals surface area contributed by atoms with Gasteiger partial charge in [0, 0.05) is 34.1 Å². The third-order valence-corrected chi connectivity index (χ3v) is 8.75. The van der Waals surface area contributed by atoms with E-state index in [4.69, 9.17) is 4.74 Å². The van der Waals surface area contributed by atoms with Crippen LogP contribution in [0.4, 0.5) is 5.69 Å². The number of esters is 1. The summed E-state index contributed by atoms with van der Waals surface area (Å²) in [6, 6.07) is 15.5. The molecule has 0 fully saturated rings. The summed E-state index contributed by atoms with van der Waals surface area (Å²) in [5, 5.41) is 11.1. The van der Waals surface area contributed by atoms with E-state index >= 15 is 0 Å². The number of nitrogens with zero attached hydrogens (tertiary/aromatic N) is 4. The Balaban J connectivity index is 1.65. The highest BCUT2D eigenvalue weighted by Gasteiger charge is 2.33. The van der Waals surface area contributed by atoms with Gasteiger partial charge in [-0.1, -0.05) is 23.5 Å². The summed E-state index contributed by atoms with van der Waals surface area (Å²) in [4.78, 5) is 44.0. The number of fused-ring (bicyclic) bond motifs is 1. The topological polar surface area (TPSA) is 109 Å². The van der Waals surface area contributed by atoms with Gasteiger partial charge in [0.25, 0.3) is 11.2 Å². The fourth-order valence-corrected chi connectivity index (χ4v) is 6.53. The molecule has 0 bridgehead atoms.